The normalized spacial score (nSPS) is 16.3. The molecule has 1 fully saturated rings. The van der Waals surface area contributed by atoms with Gasteiger partial charge in [0.1, 0.15) is 5.76 Å². The third-order valence-electron chi connectivity index (χ3n) is 6.10. The van der Waals surface area contributed by atoms with Crippen molar-refractivity contribution in [3.63, 3.8) is 0 Å². The maximum Gasteiger partial charge on any atom is 0.300 e. The lowest BCUT2D eigenvalue weighted by Crippen LogP contribution is -2.29. The summed E-state index contributed by atoms with van der Waals surface area (Å²) in [5.74, 6) is -0.444. The fourth-order valence-corrected chi connectivity index (χ4v) is 4.27. The Morgan fingerprint density at radius 2 is 1.38 bits per heavy atom. The number of aliphatic hydroxyl groups excluding tert-OH is 1. The zero-order valence-corrected chi connectivity index (χ0v) is 20.6. The van der Waals surface area contributed by atoms with Crippen molar-refractivity contribution in [1.29, 1.82) is 5.26 Å². The monoisotopic (exact) mass is 500 g/mol. The lowest BCUT2D eigenvalue weighted by Gasteiger charge is -2.26. The van der Waals surface area contributed by atoms with Crippen molar-refractivity contribution in [3.8, 4) is 29.1 Å². The number of hydrogen-bond donors (Lipinski definition) is 1. The number of nitrogens with zero attached hydrogens (tertiary/aromatic N) is 2. The second-order valence-electron chi connectivity index (χ2n) is 8.01. The van der Waals surface area contributed by atoms with Crippen molar-refractivity contribution in [1.82, 2.24) is 0 Å². The molecular formula is C28H24N2O7. The molecule has 37 heavy (non-hydrogen) atoms. The zero-order chi connectivity index (χ0) is 26.7. The first kappa shape index (κ1) is 25.1. The molecule has 0 aliphatic carbocycles. The van der Waals surface area contributed by atoms with Crippen LogP contribution in [0.5, 0.6) is 23.0 Å². The molecule has 1 aliphatic rings. The van der Waals surface area contributed by atoms with Gasteiger partial charge in [0.2, 0.25) is 0 Å². The molecule has 1 unspecified atom stereocenters. The lowest BCUT2D eigenvalue weighted by molar-refractivity contribution is -0.132. The van der Waals surface area contributed by atoms with Crippen molar-refractivity contribution >= 4 is 23.1 Å². The Labute approximate surface area is 213 Å². The number of methoxy groups -OCH3 is 4. The van der Waals surface area contributed by atoms with Gasteiger partial charge in [0, 0.05) is 11.3 Å². The maximum atomic E-state index is 13.4. The van der Waals surface area contributed by atoms with E-state index in [1.54, 1.807) is 54.6 Å². The number of Topliss-reactive ketones (excluding diaryl/α,β-unsaturated/α-hetero) is 1. The second kappa shape index (κ2) is 10.3. The summed E-state index contributed by atoms with van der Waals surface area (Å²) in [7, 11) is 5.91. The minimum absolute atomic E-state index is 0.117. The molecule has 1 atom stereocenters. The number of amides is 1. The van der Waals surface area contributed by atoms with Crippen LogP contribution in [0, 0.1) is 11.3 Å². The van der Waals surface area contributed by atoms with Gasteiger partial charge in [-0.1, -0.05) is 6.07 Å². The van der Waals surface area contributed by atoms with Crippen molar-refractivity contribution in [2.24, 2.45) is 0 Å². The largest absolute Gasteiger partial charge is 0.507 e. The molecule has 1 heterocycles. The van der Waals surface area contributed by atoms with Crippen LogP contribution in [0.15, 0.2) is 66.2 Å². The van der Waals surface area contributed by atoms with Crippen LogP contribution in [0.1, 0.15) is 22.7 Å². The number of rotatable bonds is 7. The van der Waals surface area contributed by atoms with E-state index in [9.17, 15) is 20.0 Å². The number of nitriles is 1. The van der Waals surface area contributed by atoms with E-state index in [1.807, 2.05) is 6.07 Å². The lowest BCUT2D eigenvalue weighted by atomic mass is 9.94. The molecule has 1 amide bonds. The summed E-state index contributed by atoms with van der Waals surface area (Å²) >= 11 is 0. The number of hydrogen-bond acceptors (Lipinski definition) is 8. The van der Waals surface area contributed by atoms with Gasteiger partial charge in [-0.2, -0.15) is 5.26 Å². The molecule has 1 N–H and O–H groups in total. The standard InChI is InChI=1S/C28H24N2O7/c1-34-20-11-7-17(13-22(20)36-3)25-24(26(31)18-8-12-21(35-2)23(14-18)37-4)27(32)28(33)30(25)19-9-5-16(15-29)6-10-19/h5-14,25,31H,1-4H3/b26-24-. The first-order chi connectivity index (χ1) is 17.9. The minimum Gasteiger partial charge on any atom is -0.507 e. The second-order valence-corrected chi connectivity index (χ2v) is 8.01. The van der Waals surface area contributed by atoms with Gasteiger partial charge in [-0.05, 0) is 60.2 Å². The maximum absolute atomic E-state index is 13.4. The highest BCUT2D eigenvalue weighted by Crippen LogP contribution is 2.44. The molecule has 0 saturated carbocycles. The Hall–Kier alpha value is -4.97. The van der Waals surface area contributed by atoms with Crippen molar-refractivity contribution in [3.05, 3.63) is 82.9 Å². The topological polar surface area (TPSA) is 118 Å². The summed E-state index contributed by atoms with van der Waals surface area (Å²) in [5, 5.41) is 20.6. The smallest absolute Gasteiger partial charge is 0.300 e. The van der Waals surface area contributed by atoms with Crippen LogP contribution in [-0.4, -0.2) is 45.2 Å². The Bertz CT molecular complexity index is 1440. The average Bonchev–Trinajstić information content (AvgIpc) is 3.21. The van der Waals surface area contributed by atoms with E-state index < -0.39 is 17.7 Å². The summed E-state index contributed by atoms with van der Waals surface area (Å²) in [6, 6.07) is 17.0. The number of anilines is 1. The summed E-state index contributed by atoms with van der Waals surface area (Å²) < 4.78 is 21.4. The van der Waals surface area contributed by atoms with Crippen LogP contribution in [0.25, 0.3) is 5.76 Å². The molecule has 0 radical (unpaired) electrons. The molecule has 9 nitrogen and oxygen atoms in total. The van der Waals surface area contributed by atoms with Gasteiger partial charge in [-0.3, -0.25) is 14.5 Å². The van der Waals surface area contributed by atoms with Crippen LogP contribution in [0.4, 0.5) is 5.69 Å². The summed E-state index contributed by atoms with van der Waals surface area (Å²) in [5.41, 5.74) is 1.43. The van der Waals surface area contributed by atoms with Gasteiger partial charge in [-0.25, -0.2) is 0 Å². The fourth-order valence-electron chi connectivity index (χ4n) is 4.27. The zero-order valence-electron chi connectivity index (χ0n) is 20.6. The highest BCUT2D eigenvalue weighted by molar-refractivity contribution is 6.51. The Morgan fingerprint density at radius 1 is 0.811 bits per heavy atom. The van der Waals surface area contributed by atoms with Crippen LogP contribution in [0.3, 0.4) is 0 Å². The summed E-state index contributed by atoms with van der Waals surface area (Å²) in [6.45, 7) is 0. The van der Waals surface area contributed by atoms with E-state index >= 15 is 0 Å². The Balaban J connectivity index is 1.96. The molecule has 9 heteroatoms. The SMILES string of the molecule is COc1ccc(/C(O)=C2/C(=O)C(=O)N(c3ccc(C#N)cc3)C2c2ccc(OC)c(OC)c2)cc1OC. The van der Waals surface area contributed by atoms with Crippen LogP contribution in [0.2, 0.25) is 0 Å². The van der Waals surface area contributed by atoms with Crippen molar-refractivity contribution < 1.29 is 33.6 Å². The Morgan fingerprint density at radius 3 is 1.95 bits per heavy atom. The summed E-state index contributed by atoms with van der Waals surface area (Å²) in [4.78, 5) is 28.0. The van der Waals surface area contributed by atoms with Gasteiger partial charge in [0.25, 0.3) is 11.7 Å². The van der Waals surface area contributed by atoms with E-state index in [0.717, 1.165) is 0 Å². The average molecular weight is 501 g/mol. The molecule has 4 rings (SSSR count). The fraction of sp³-hybridized carbons (Fsp3) is 0.179. The number of carbonyl (C=O) groups is 2. The molecule has 3 aromatic carbocycles. The molecule has 1 aliphatic heterocycles. The first-order valence-electron chi connectivity index (χ1n) is 11.1. The van der Waals surface area contributed by atoms with Gasteiger partial charge >= 0.3 is 0 Å². The van der Waals surface area contributed by atoms with E-state index in [1.165, 1.54) is 39.4 Å². The highest BCUT2D eigenvalue weighted by Gasteiger charge is 2.47. The molecule has 0 bridgehead atoms. The summed E-state index contributed by atoms with van der Waals surface area (Å²) in [6.07, 6.45) is 0. The highest BCUT2D eigenvalue weighted by atomic mass is 16.5. The molecule has 0 aromatic heterocycles. The van der Waals surface area contributed by atoms with E-state index in [-0.39, 0.29) is 16.9 Å². The van der Waals surface area contributed by atoms with E-state index in [4.69, 9.17) is 18.9 Å². The number of ketones is 1. The van der Waals surface area contributed by atoms with Crippen LogP contribution < -0.4 is 23.8 Å². The van der Waals surface area contributed by atoms with Crippen LogP contribution >= 0.6 is 0 Å². The van der Waals surface area contributed by atoms with Gasteiger partial charge in [0.05, 0.1) is 51.7 Å². The molecular weight excluding hydrogens is 476 g/mol. The predicted molar refractivity (Wildman–Crippen MR) is 135 cm³/mol. The van der Waals surface area contributed by atoms with Gasteiger partial charge in [-0.15, -0.1) is 0 Å². The quantitative estimate of drug-likeness (QED) is 0.291. The van der Waals surface area contributed by atoms with Gasteiger partial charge in [0.15, 0.2) is 23.0 Å². The van der Waals surface area contributed by atoms with E-state index in [2.05, 4.69) is 0 Å². The predicted octanol–water partition coefficient (Wildman–Crippen LogP) is 4.22. The number of benzene rings is 3. The Kier molecular flexibility index (Phi) is 7.02. The number of carbonyl (C=O) groups excluding carboxylic acids is 2. The third kappa shape index (κ3) is 4.41. The first-order valence-corrected chi connectivity index (χ1v) is 11.1. The van der Waals surface area contributed by atoms with Crippen molar-refractivity contribution in [2.75, 3.05) is 33.3 Å². The molecule has 3 aromatic rings. The number of ether oxygens (including phenoxy) is 4. The van der Waals surface area contributed by atoms with Crippen molar-refractivity contribution in [2.45, 2.75) is 6.04 Å². The minimum atomic E-state index is -0.999. The van der Waals surface area contributed by atoms with Crippen LogP contribution in [-0.2, 0) is 9.59 Å². The molecule has 1 saturated heterocycles. The number of aliphatic hydroxyl groups is 1. The third-order valence-corrected chi connectivity index (χ3v) is 6.10. The molecule has 0 spiro atoms. The van der Waals surface area contributed by atoms with Gasteiger partial charge < -0.3 is 24.1 Å². The molecule has 188 valence electrons. The van der Waals surface area contributed by atoms with E-state index in [0.29, 0.717) is 39.8 Å².